The maximum absolute atomic E-state index is 11.4. The fourth-order valence-corrected chi connectivity index (χ4v) is 1.69. The van der Waals surface area contributed by atoms with E-state index in [0.717, 1.165) is 10.0 Å². The van der Waals surface area contributed by atoms with Crippen LogP contribution in [0.25, 0.3) is 0 Å². The van der Waals surface area contributed by atoms with E-state index in [1.807, 2.05) is 31.2 Å². The summed E-state index contributed by atoms with van der Waals surface area (Å²) in [4.78, 5) is 11.4. The van der Waals surface area contributed by atoms with E-state index in [1.165, 1.54) is 0 Å². The number of carbonyl (C=O) groups is 1. The third-order valence-electron chi connectivity index (χ3n) is 2.13. The monoisotopic (exact) mass is 300 g/mol. The summed E-state index contributed by atoms with van der Waals surface area (Å²) in [5.74, 6) is 0. The molecule has 0 heterocycles. The van der Waals surface area contributed by atoms with E-state index in [9.17, 15) is 4.79 Å². The lowest BCUT2D eigenvalue weighted by molar-refractivity contribution is 0.149. The fraction of sp³-hybridized carbons (Fsp3) is 0.417. The van der Waals surface area contributed by atoms with Crippen LogP contribution in [0, 0.1) is 0 Å². The molecule has 0 unspecified atom stereocenters. The van der Waals surface area contributed by atoms with E-state index in [1.54, 1.807) is 0 Å². The van der Waals surface area contributed by atoms with Crippen molar-refractivity contribution < 1.29 is 9.53 Å². The predicted molar refractivity (Wildman–Crippen MR) is 70.9 cm³/mol. The molecule has 1 aromatic rings. The zero-order valence-corrected chi connectivity index (χ0v) is 11.4. The molecule has 0 aromatic heterocycles. The number of urea groups is 1. The maximum atomic E-state index is 11.4. The highest BCUT2D eigenvalue weighted by atomic mass is 79.9. The third kappa shape index (κ3) is 5.70. The van der Waals surface area contributed by atoms with E-state index >= 15 is 0 Å². The minimum atomic E-state index is -0.180. The molecule has 0 radical (unpaired) electrons. The summed E-state index contributed by atoms with van der Waals surface area (Å²) < 4.78 is 6.11. The van der Waals surface area contributed by atoms with Crippen molar-refractivity contribution in [3.8, 4) is 0 Å². The standard InChI is InChI=1S/C12H17BrN2O2/c1-2-17-8-7-14-12(16)15-9-10-5-3-4-6-11(10)13/h3-6H,2,7-9H2,1H3,(H2,14,15,16). The molecular weight excluding hydrogens is 284 g/mol. The van der Waals surface area contributed by atoms with Gasteiger partial charge in [-0.15, -0.1) is 0 Å². The summed E-state index contributed by atoms with van der Waals surface area (Å²) in [5, 5.41) is 5.50. The fourth-order valence-electron chi connectivity index (χ4n) is 1.26. The third-order valence-corrected chi connectivity index (χ3v) is 2.91. The van der Waals surface area contributed by atoms with Gasteiger partial charge in [0.05, 0.1) is 6.61 Å². The average Bonchev–Trinajstić information content (AvgIpc) is 2.34. The normalized spacial score (nSPS) is 10.0. The molecule has 2 N–H and O–H groups in total. The van der Waals surface area contributed by atoms with Crippen molar-refractivity contribution >= 4 is 22.0 Å². The first-order valence-corrected chi connectivity index (χ1v) is 6.36. The molecule has 0 aliphatic heterocycles. The van der Waals surface area contributed by atoms with Crippen molar-refractivity contribution in [2.45, 2.75) is 13.5 Å². The van der Waals surface area contributed by atoms with Gasteiger partial charge in [-0.25, -0.2) is 4.79 Å². The number of rotatable bonds is 6. The molecule has 0 bridgehead atoms. The highest BCUT2D eigenvalue weighted by Gasteiger charge is 2.01. The van der Waals surface area contributed by atoms with E-state index in [-0.39, 0.29) is 6.03 Å². The molecule has 0 aliphatic rings. The maximum Gasteiger partial charge on any atom is 0.315 e. The molecule has 1 aromatic carbocycles. The molecule has 2 amide bonds. The molecule has 1 rings (SSSR count). The number of hydrogen-bond donors (Lipinski definition) is 2. The van der Waals surface area contributed by atoms with Gasteiger partial charge in [-0.3, -0.25) is 0 Å². The van der Waals surface area contributed by atoms with Gasteiger partial charge in [0, 0.05) is 24.2 Å². The Kier molecular flexibility index (Phi) is 6.65. The minimum Gasteiger partial charge on any atom is -0.380 e. The van der Waals surface area contributed by atoms with Gasteiger partial charge < -0.3 is 15.4 Å². The number of benzene rings is 1. The SMILES string of the molecule is CCOCCNC(=O)NCc1ccccc1Br. The first kappa shape index (κ1) is 14.0. The van der Waals surface area contributed by atoms with Crippen molar-refractivity contribution in [3.63, 3.8) is 0 Å². The number of nitrogens with one attached hydrogen (secondary N) is 2. The second kappa shape index (κ2) is 8.08. The van der Waals surface area contributed by atoms with Gasteiger partial charge in [0.1, 0.15) is 0 Å². The van der Waals surface area contributed by atoms with Crippen LogP contribution in [0.2, 0.25) is 0 Å². The second-order valence-electron chi connectivity index (χ2n) is 3.40. The molecule has 0 spiro atoms. The number of halogens is 1. The summed E-state index contributed by atoms with van der Waals surface area (Å²) in [6, 6.07) is 7.61. The van der Waals surface area contributed by atoms with Crippen LogP contribution in [0.5, 0.6) is 0 Å². The Hall–Kier alpha value is -1.07. The minimum absolute atomic E-state index is 0.180. The molecule has 0 atom stereocenters. The lowest BCUT2D eigenvalue weighted by Gasteiger charge is -2.08. The van der Waals surface area contributed by atoms with E-state index in [4.69, 9.17) is 4.74 Å². The van der Waals surface area contributed by atoms with Gasteiger partial charge in [0.25, 0.3) is 0 Å². The average molecular weight is 301 g/mol. The first-order chi connectivity index (χ1) is 8.24. The van der Waals surface area contributed by atoms with Crippen LogP contribution in [-0.4, -0.2) is 25.8 Å². The molecule has 94 valence electrons. The van der Waals surface area contributed by atoms with E-state index in [2.05, 4.69) is 26.6 Å². The number of hydrogen-bond acceptors (Lipinski definition) is 2. The molecule has 17 heavy (non-hydrogen) atoms. The van der Waals surface area contributed by atoms with Crippen molar-refractivity contribution in [2.24, 2.45) is 0 Å². The number of ether oxygens (including phenoxy) is 1. The lowest BCUT2D eigenvalue weighted by atomic mass is 10.2. The molecule has 4 nitrogen and oxygen atoms in total. The van der Waals surface area contributed by atoms with Crippen LogP contribution in [0.4, 0.5) is 4.79 Å². The summed E-state index contributed by atoms with van der Waals surface area (Å²) in [5.41, 5.74) is 1.05. The van der Waals surface area contributed by atoms with Crippen LogP contribution in [-0.2, 0) is 11.3 Å². The van der Waals surface area contributed by atoms with Crippen LogP contribution >= 0.6 is 15.9 Å². The van der Waals surface area contributed by atoms with Crippen molar-refractivity contribution in [1.82, 2.24) is 10.6 Å². The molecule has 0 saturated heterocycles. The van der Waals surface area contributed by atoms with Gasteiger partial charge in [0.15, 0.2) is 0 Å². The Morgan fingerprint density at radius 3 is 2.82 bits per heavy atom. The van der Waals surface area contributed by atoms with Gasteiger partial charge in [-0.1, -0.05) is 34.1 Å². The Bertz CT molecular complexity index is 358. The van der Waals surface area contributed by atoms with E-state index in [0.29, 0.717) is 26.3 Å². The Morgan fingerprint density at radius 1 is 1.35 bits per heavy atom. The van der Waals surface area contributed by atoms with Crippen LogP contribution < -0.4 is 10.6 Å². The van der Waals surface area contributed by atoms with Gasteiger partial charge in [-0.2, -0.15) is 0 Å². The van der Waals surface area contributed by atoms with Crippen molar-refractivity contribution in [2.75, 3.05) is 19.8 Å². The zero-order valence-electron chi connectivity index (χ0n) is 9.83. The van der Waals surface area contributed by atoms with E-state index < -0.39 is 0 Å². The van der Waals surface area contributed by atoms with Crippen LogP contribution in [0.15, 0.2) is 28.7 Å². The summed E-state index contributed by atoms with van der Waals surface area (Å²) >= 11 is 3.43. The van der Waals surface area contributed by atoms with Crippen LogP contribution in [0.3, 0.4) is 0 Å². The van der Waals surface area contributed by atoms with Crippen molar-refractivity contribution in [3.05, 3.63) is 34.3 Å². The number of carbonyl (C=O) groups excluding carboxylic acids is 1. The summed E-state index contributed by atoms with van der Waals surface area (Å²) in [7, 11) is 0. The first-order valence-electron chi connectivity index (χ1n) is 5.57. The summed E-state index contributed by atoms with van der Waals surface area (Å²) in [6.45, 7) is 4.16. The molecule has 0 fully saturated rings. The molecule has 0 aliphatic carbocycles. The number of amides is 2. The topological polar surface area (TPSA) is 50.4 Å². The second-order valence-corrected chi connectivity index (χ2v) is 4.25. The predicted octanol–water partition coefficient (Wildman–Crippen LogP) is 2.28. The lowest BCUT2D eigenvalue weighted by Crippen LogP contribution is -2.36. The Balaban J connectivity index is 2.22. The largest absolute Gasteiger partial charge is 0.380 e. The van der Waals surface area contributed by atoms with Gasteiger partial charge in [-0.05, 0) is 18.6 Å². The van der Waals surface area contributed by atoms with Crippen LogP contribution in [0.1, 0.15) is 12.5 Å². The molecule has 5 heteroatoms. The quantitative estimate of drug-likeness (QED) is 0.792. The highest BCUT2D eigenvalue weighted by molar-refractivity contribution is 9.10. The molecular formula is C12H17BrN2O2. The van der Waals surface area contributed by atoms with Gasteiger partial charge >= 0.3 is 6.03 Å². The smallest absolute Gasteiger partial charge is 0.315 e. The highest BCUT2D eigenvalue weighted by Crippen LogP contribution is 2.14. The Labute approximate surface area is 110 Å². The zero-order chi connectivity index (χ0) is 12.5. The molecule has 0 saturated carbocycles. The summed E-state index contributed by atoms with van der Waals surface area (Å²) in [6.07, 6.45) is 0. The van der Waals surface area contributed by atoms with Crippen molar-refractivity contribution in [1.29, 1.82) is 0 Å². The Morgan fingerprint density at radius 2 is 2.12 bits per heavy atom. The van der Waals surface area contributed by atoms with Gasteiger partial charge in [0.2, 0.25) is 0 Å².